The first-order chi connectivity index (χ1) is 16.4. The number of nitrogens with one attached hydrogen (secondary N) is 1. The molecule has 1 aromatic heterocycles. The number of rotatable bonds is 9. The molecule has 34 heavy (non-hydrogen) atoms. The van der Waals surface area contributed by atoms with Crippen LogP contribution >= 0.6 is 0 Å². The molecule has 0 unspecified atom stereocenters. The third-order valence-corrected chi connectivity index (χ3v) is 6.52. The zero-order valence-electron chi connectivity index (χ0n) is 19.3. The van der Waals surface area contributed by atoms with Gasteiger partial charge in [-0.15, -0.1) is 0 Å². The maximum atomic E-state index is 12.7. The van der Waals surface area contributed by atoms with Gasteiger partial charge in [0.25, 0.3) is 10.0 Å². The summed E-state index contributed by atoms with van der Waals surface area (Å²) in [4.78, 5) is 2.51. The Morgan fingerprint density at radius 3 is 2.21 bits per heavy atom. The first-order valence-corrected chi connectivity index (χ1v) is 12.7. The fraction of sp³-hybridized carbons (Fsp3) is 0.185. The molecular formula is C27H28N4O2S. The predicted octanol–water partition coefficient (Wildman–Crippen LogP) is 5.11. The van der Waals surface area contributed by atoms with Gasteiger partial charge in [-0.1, -0.05) is 86.6 Å². The van der Waals surface area contributed by atoms with Crippen LogP contribution in [0.4, 0.5) is 0 Å². The molecule has 0 saturated heterocycles. The summed E-state index contributed by atoms with van der Waals surface area (Å²) >= 11 is 0. The van der Waals surface area contributed by atoms with Crippen LogP contribution in [-0.2, 0) is 23.0 Å². The smallest absolute Gasteiger partial charge is 0.267 e. The Morgan fingerprint density at radius 1 is 0.912 bits per heavy atom. The van der Waals surface area contributed by atoms with Crippen LogP contribution < -0.4 is 4.83 Å². The van der Waals surface area contributed by atoms with Crippen LogP contribution in [0.2, 0.25) is 0 Å². The van der Waals surface area contributed by atoms with Gasteiger partial charge in [-0.05, 0) is 35.6 Å². The standard InChI is InChI=1S/C27H28N4O2S/c1-21(2)17-22-13-15-26(16-14-22)34(32,33)30-28-18-25-20-31(19-23-9-5-3-6-10-23)29-27(25)24-11-7-4-8-12-24/h3-16,18,20-21,30H,17,19H2,1-2H3/b28-18-. The molecular weight excluding hydrogens is 444 g/mol. The minimum absolute atomic E-state index is 0.181. The van der Waals surface area contributed by atoms with E-state index in [0.29, 0.717) is 12.5 Å². The number of nitrogens with zero attached hydrogens (tertiary/aromatic N) is 3. The second-order valence-electron chi connectivity index (χ2n) is 8.58. The van der Waals surface area contributed by atoms with E-state index in [4.69, 9.17) is 5.10 Å². The van der Waals surface area contributed by atoms with Gasteiger partial charge in [-0.25, -0.2) is 4.83 Å². The van der Waals surface area contributed by atoms with E-state index < -0.39 is 10.0 Å². The van der Waals surface area contributed by atoms with E-state index in [1.807, 2.05) is 83.7 Å². The van der Waals surface area contributed by atoms with Crippen molar-refractivity contribution >= 4 is 16.2 Å². The number of hydrogen-bond donors (Lipinski definition) is 1. The third-order valence-electron chi connectivity index (χ3n) is 5.28. The van der Waals surface area contributed by atoms with E-state index in [1.165, 1.54) is 6.21 Å². The molecule has 6 nitrogen and oxygen atoms in total. The number of benzene rings is 3. The van der Waals surface area contributed by atoms with Gasteiger partial charge in [0.2, 0.25) is 0 Å². The summed E-state index contributed by atoms with van der Waals surface area (Å²) in [6.45, 7) is 4.86. The normalized spacial score (nSPS) is 11.9. The van der Waals surface area contributed by atoms with Crippen molar-refractivity contribution in [3.8, 4) is 11.3 Å². The van der Waals surface area contributed by atoms with Crippen molar-refractivity contribution in [3.05, 3.63) is 108 Å². The van der Waals surface area contributed by atoms with Gasteiger partial charge >= 0.3 is 0 Å². The van der Waals surface area contributed by atoms with Crippen molar-refractivity contribution in [1.82, 2.24) is 14.6 Å². The average Bonchev–Trinajstić information content (AvgIpc) is 3.22. The summed E-state index contributed by atoms with van der Waals surface area (Å²) in [5.41, 5.74) is 4.61. The molecule has 4 aromatic rings. The van der Waals surface area contributed by atoms with Crippen molar-refractivity contribution in [1.29, 1.82) is 0 Å². The molecule has 0 radical (unpaired) electrons. The van der Waals surface area contributed by atoms with E-state index in [2.05, 4.69) is 23.8 Å². The number of sulfonamides is 1. The summed E-state index contributed by atoms with van der Waals surface area (Å²) in [5.74, 6) is 0.506. The maximum absolute atomic E-state index is 12.7. The Hall–Kier alpha value is -3.71. The molecule has 0 saturated carbocycles. The summed E-state index contributed by atoms with van der Waals surface area (Å²) in [6.07, 6.45) is 4.27. The van der Waals surface area contributed by atoms with Crippen molar-refractivity contribution in [2.45, 2.75) is 31.7 Å². The molecule has 0 bridgehead atoms. The molecule has 4 rings (SSSR count). The van der Waals surface area contributed by atoms with Gasteiger partial charge in [0.05, 0.1) is 17.7 Å². The molecule has 3 aromatic carbocycles. The van der Waals surface area contributed by atoms with E-state index in [9.17, 15) is 8.42 Å². The molecule has 7 heteroatoms. The topological polar surface area (TPSA) is 76.3 Å². The summed E-state index contributed by atoms with van der Waals surface area (Å²) in [5, 5.41) is 8.78. The minimum Gasteiger partial charge on any atom is -0.267 e. The Bertz CT molecular complexity index is 1350. The molecule has 1 N–H and O–H groups in total. The average molecular weight is 473 g/mol. The lowest BCUT2D eigenvalue weighted by Gasteiger charge is -2.07. The molecule has 0 amide bonds. The van der Waals surface area contributed by atoms with Crippen LogP contribution in [0.25, 0.3) is 11.3 Å². The third kappa shape index (κ3) is 5.99. The Labute approximate surface area is 201 Å². The van der Waals surface area contributed by atoms with Gasteiger partial charge in [0, 0.05) is 17.3 Å². The first-order valence-electron chi connectivity index (χ1n) is 11.2. The number of hydrazone groups is 1. The lowest BCUT2D eigenvalue weighted by atomic mass is 10.0. The largest absolute Gasteiger partial charge is 0.276 e. The van der Waals surface area contributed by atoms with Gasteiger partial charge in [-0.2, -0.15) is 18.6 Å². The van der Waals surface area contributed by atoms with E-state index in [1.54, 1.807) is 12.1 Å². The molecule has 0 atom stereocenters. The Morgan fingerprint density at radius 2 is 1.56 bits per heavy atom. The molecule has 0 aliphatic rings. The van der Waals surface area contributed by atoms with Crippen molar-refractivity contribution in [3.63, 3.8) is 0 Å². The van der Waals surface area contributed by atoms with E-state index >= 15 is 0 Å². The lowest BCUT2D eigenvalue weighted by Crippen LogP contribution is -2.18. The van der Waals surface area contributed by atoms with Gasteiger partial charge in [-0.3, -0.25) is 4.68 Å². The summed E-state index contributed by atoms with van der Waals surface area (Å²) in [6, 6.07) is 26.7. The van der Waals surface area contributed by atoms with Crippen molar-refractivity contribution in [2.75, 3.05) is 0 Å². The lowest BCUT2D eigenvalue weighted by molar-refractivity contribution is 0.584. The second kappa shape index (κ2) is 10.5. The highest BCUT2D eigenvalue weighted by atomic mass is 32.2. The molecule has 0 aliphatic carbocycles. The molecule has 0 aliphatic heterocycles. The van der Waals surface area contributed by atoms with Crippen molar-refractivity contribution in [2.24, 2.45) is 11.0 Å². The highest BCUT2D eigenvalue weighted by molar-refractivity contribution is 7.89. The number of aromatic nitrogens is 2. The zero-order valence-corrected chi connectivity index (χ0v) is 20.1. The van der Waals surface area contributed by atoms with Crippen LogP contribution in [0.5, 0.6) is 0 Å². The maximum Gasteiger partial charge on any atom is 0.276 e. The minimum atomic E-state index is -3.77. The van der Waals surface area contributed by atoms with Crippen LogP contribution in [0, 0.1) is 5.92 Å². The predicted molar refractivity (Wildman–Crippen MR) is 136 cm³/mol. The molecule has 0 fully saturated rings. The summed E-state index contributed by atoms with van der Waals surface area (Å²) in [7, 11) is -3.77. The molecule has 174 valence electrons. The van der Waals surface area contributed by atoms with Crippen LogP contribution in [-0.4, -0.2) is 24.4 Å². The fourth-order valence-electron chi connectivity index (χ4n) is 3.70. The zero-order chi connectivity index (χ0) is 24.0. The van der Waals surface area contributed by atoms with Gasteiger partial charge < -0.3 is 0 Å². The Balaban J connectivity index is 1.55. The monoisotopic (exact) mass is 472 g/mol. The van der Waals surface area contributed by atoms with Crippen LogP contribution in [0.1, 0.15) is 30.5 Å². The van der Waals surface area contributed by atoms with E-state index in [-0.39, 0.29) is 4.90 Å². The highest BCUT2D eigenvalue weighted by Crippen LogP contribution is 2.21. The van der Waals surface area contributed by atoms with E-state index in [0.717, 1.165) is 34.4 Å². The molecule has 1 heterocycles. The van der Waals surface area contributed by atoms with Gasteiger partial charge in [0.15, 0.2) is 0 Å². The van der Waals surface area contributed by atoms with Crippen LogP contribution in [0.15, 0.2) is 101 Å². The highest BCUT2D eigenvalue weighted by Gasteiger charge is 2.14. The van der Waals surface area contributed by atoms with Gasteiger partial charge in [0.1, 0.15) is 5.69 Å². The SMILES string of the molecule is CC(C)Cc1ccc(S(=O)(=O)N/N=C\c2cn(Cc3ccccc3)nc2-c2ccccc2)cc1. The second-order valence-corrected chi connectivity index (χ2v) is 10.2. The Kier molecular flexibility index (Phi) is 7.23. The molecule has 0 spiro atoms. The fourth-order valence-corrected chi connectivity index (χ4v) is 4.49. The quantitative estimate of drug-likeness (QED) is 0.272. The first kappa shape index (κ1) is 23.4. The van der Waals surface area contributed by atoms with Crippen LogP contribution in [0.3, 0.4) is 0 Å². The van der Waals surface area contributed by atoms with Crippen molar-refractivity contribution < 1.29 is 8.42 Å². The summed E-state index contributed by atoms with van der Waals surface area (Å²) < 4.78 is 27.3. The number of hydrogen-bond acceptors (Lipinski definition) is 4.